The summed E-state index contributed by atoms with van der Waals surface area (Å²) >= 11 is 9.82. The molecular formula is C40H42S5. The van der Waals surface area contributed by atoms with E-state index in [4.69, 9.17) is 0 Å². The number of fused-ring (bicyclic) bond motifs is 1. The molecule has 4 aromatic carbocycles. The molecule has 0 aliphatic heterocycles. The van der Waals surface area contributed by atoms with Crippen LogP contribution in [0.1, 0.15) is 33.4 Å². The van der Waals surface area contributed by atoms with Crippen molar-refractivity contribution in [3.8, 4) is 0 Å². The molecule has 0 saturated heterocycles. The van der Waals surface area contributed by atoms with Crippen molar-refractivity contribution in [2.24, 2.45) is 0 Å². The second kappa shape index (κ2) is 20.0. The molecule has 6 aromatic rings. The Kier molecular flexibility index (Phi) is 15.1. The lowest BCUT2D eigenvalue weighted by molar-refractivity contribution is 1.16. The van der Waals surface area contributed by atoms with Crippen LogP contribution in [0.5, 0.6) is 0 Å². The first-order valence-corrected chi connectivity index (χ1v) is 21.0. The van der Waals surface area contributed by atoms with Crippen molar-refractivity contribution in [1.29, 1.82) is 0 Å². The van der Waals surface area contributed by atoms with Crippen LogP contribution in [-0.4, -0.2) is 34.5 Å². The summed E-state index contributed by atoms with van der Waals surface area (Å²) in [6.07, 6.45) is 4.46. The molecule has 0 spiro atoms. The predicted molar refractivity (Wildman–Crippen MR) is 210 cm³/mol. The summed E-state index contributed by atoms with van der Waals surface area (Å²) in [7, 11) is 0. The Labute approximate surface area is 291 Å². The number of benzene rings is 4. The fourth-order valence-corrected chi connectivity index (χ4v) is 9.68. The normalized spacial score (nSPS) is 10.9. The predicted octanol–water partition coefficient (Wildman–Crippen LogP) is 11.8. The highest BCUT2D eigenvalue weighted by molar-refractivity contribution is 8.04. The lowest BCUT2D eigenvalue weighted by Crippen LogP contribution is -1.95. The first-order chi connectivity index (χ1) is 22.3. The van der Waals surface area contributed by atoms with Gasteiger partial charge in [0.15, 0.2) is 0 Å². The van der Waals surface area contributed by atoms with Gasteiger partial charge in [-0.15, -0.1) is 0 Å². The van der Waals surface area contributed by atoms with Gasteiger partial charge in [-0.3, -0.25) is 0 Å². The lowest BCUT2D eigenvalue weighted by atomic mass is 10.0. The second-order valence-electron chi connectivity index (χ2n) is 10.9. The van der Waals surface area contributed by atoms with Gasteiger partial charge < -0.3 is 0 Å². The summed E-state index contributed by atoms with van der Waals surface area (Å²) in [5.74, 6) is 7.57. The Morgan fingerprint density at radius 1 is 0.400 bits per heavy atom. The highest BCUT2D eigenvalue weighted by Gasteiger charge is 2.02. The number of rotatable bonds is 16. The minimum absolute atomic E-state index is 1.04. The molecule has 2 aromatic heterocycles. The fourth-order valence-electron chi connectivity index (χ4n) is 5.10. The molecule has 2 heterocycles. The van der Waals surface area contributed by atoms with Crippen LogP contribution >= 0.6 is 58.0 Å². The molecule has 0 aliphatic carbocycles. The number of thioether (sulfide) groups is 3. The Bertz CT molecular complexity index is 1550. The van der Waals surface area contributed by atoms with E-state index in [1.807, 2.05) is 0 Å². The first-order valence-electron chi connectivity index (χ1n) is 15.7. The standard InChI is InChI=1S/C24H28S3.C16H14S2/c1-2-7-21(8-3-1)13-15-25-17-19-27-20-18-26-16-14-23-11-6-10-22-9-4-5-12-24(22)23;1-2-14(10-16-6-8-18-12-16)4-3-13(1)9-15-5-7-17-11-15/h1-12H,13-20H2;1-8,11-12H,9-10H2. The fraction of sp³-hybridized carbons (Fsp3) is 0.250. The SMILES string of the molecule is c1cc(Cc2ccc(Cc3ccsc3)cc2)cs1.c1ccc(CCSCCSCCSCCc2cccc3ccccc23)cc1. The van der Waals surface area contributed by atoms with E-state index in [2.05, 4.69) is 166 Å². The molecule has 0 amide bonds. The molecule has 0 nitrogen and oxygen atoms in total. The number of thiophene rings is 2. The minimum atomic E-state index is 1.04. The van der Waals surface area contributed by atoms with Crippen LogP contribution in [0.3, 0.4) is 0 Å². The average Bonchev–Trinajstić information content (AvgIpc) is 3.80. The summed E-state index contributed by atoms with van der Waals surface area (Å²) in [5.41, 5.74) is 8.55. The molecule has 232 valence electrons. The van der Waals surface area contributed by atoms with Gasteiger partial charge in [-0.2, -0.15) is 58.0 Å². The van der Waals surface area contributed by atoms with Gasteiger partial charge in [0.25, 0.3) is 0 Å². The van der Waals surface area contributed by atoms with Gasteiger partial charge in [0, 0.05) is 23.0 Å². The van der Waals surface area contributed by atoms with Crippen molar-refractivity contribution in [2.75, 3.05) is 34.5 Å². The summed E-state index contributed by atoms with van der Waals surface area (Å²) < 4.78 is 0. The molecular weight excluding hydrogens is 641 g/mol. The zero-order chi connectivity index (χ0) is 30.8. The van der Waals surface area contributed by atoms with Gasteiger partial charge in [-0.1, -0.05) is 97.1 Å². The summed E-state index contributed by atoms with van der Waals surface area (Å²) in [6.45, 7) is 0. The molecule has 0 bridgehead atoms. The van der Waals surface area contributed by atoms with Gasteiger partial charge in [-0.25, -0.2) is 0 Å². The average molecular weight is 683 g/mol. The highest BCUT2D eigenvalue weighted by Crippen LogP contribution is 2.21. The monoisotopic (exact) mass is 682 g/mol. The molecule has 0 unspecified atom stereocenters. The van der Waals surface area contributed by atoms with Crippen molar-refractivity contribution in [3.05, 3.63) is 164 Å². The maximum Gasteiger partial charge on any atom is 0.00238 e. The molecule has 0 fully saturated rings. The quantitative estimate of drug-likeness (QED) is 0.0933. The molecule has 5 heteroatoms. The van der Waals surface area contributed by atoms with Crippen LogP contribution in [0, 0.1) is 0 Å². The van der Waals surface area contributed by atoms with Gasteiger partial charge in [0.05, 0.1) is 0 Å². The highest BCUT2D eigenvalue weighted by atomic mass is 32.2. The van der Waals surface area contributed by atoms with Crippen molar-refractivity contribution in [3.63, 3.8) is 0 Å². The van der Waals surface area contributed by atoms with Gasteiger partial charge in [0.2, 0.25) is 0 Å². The third-order valence-corrected chi connectivity index (χ3v) is 12.5. The van der Waals surface area contributed by atoms with E-state index in [-0.39, 0.29) is 0 Å². The van der Waals surface area contributed by atoms with E-state index in [1.165, 1.54) is 91.5 Å². The van der Waals surface area contributed by atoms with Crippen molar-refractivity contribution >= 4 is 68.7 Å². The molecule has 45 heavy (non-hydrogen) atoms. The van der Waals surface area contributed by atoms with E-state index >= 15 is 0 Å². The summed E-state index contributed by atoms with van der Waals surface area (Å²) in [6, 6.07) is 39.6. The van der Waals surface area contributed by atoms with Gasteiger partial charge in [-0.05, 0) is 115 Å². The summed E-state index contributed by atoms with van der Waals surface area (Å²) in [4.78, 5) is 0. The van der Waals surface area contributed by atoms with Crippen molar-refractivity contribution in [1.82, 2.24) is 0 Å². The van der Waals surface area contributed by atoms with Crippen LogP contribution in [0.4, 0.5) is 0 Å². The molecule has 6 rings (SSSR count). The largest absolute Gasteiger partial charge is 0.161 e. The molecule has 0 aliphatic rings. The van der Waals surface area contributed by atoms with Crippen LogP contribution in [0.15, 0.2) is 131 Å². The molecule has 0 radical (unpaired) electrons. The zero-order valence-electron chi connectivity index (χ0n) is 25.8. The van der Waals surface area contributed by atoms with E-state index in [0.29, 0.717) is 0 Å². The maximum atomic E-state index is 2.28. The van der Waals surface area contributed by atoms with Gasteiger partial charge in [0.1, 0.15) is 0 Å². The van der Waals surface area contributed by atoms with Crippen LogP contribution in [-0.2, 0) is 25.7 Å². The Balaban J connectivity index is 0.000000192. The maximum absolute atomic E-state index is 2.28. The van der Waals surface area contributed by atoms with E-state index in [9.17, 15) is 0 Å². The number of hydrogen-bond donors (Lipinski definition) is 0. The van der Waals surface area contributed by atoms with Crippen LogP contribution < -0.4 is 0 Å². The Hall–Kier alpha value is -2.41. The zero-order valence-corrected chi connectivity index (χ0v) is 29.9. The van der Waals surface area contributed by atoms with E-state index in [0.717, 1.165) is 12.8 Å². The number of hydrogen-bond acceptors (Lipinski definition) is 5. The number of aryl methyl sites for hydroxylation is 2. The molecule has 0 saturated carbocycles. The second-order valence-corrected chi connectivity index (χ2v) is 16.1. The third kappa shape index (κ3) is 12.4. The Morgan fingerprint density at radius 2 is 0.933 bits per heavy atom. The first kappa shape index (κ1) is 33.9. The minimum Gasteiger partial charge on any atom is -0.161 e. The van der Waals surface area contributed by atoms with E-state index < -0.39 is 0 Å². The van der Waals surface area contributed by atoms with Gasteiger partial charge >= 0.3 is 0 Å². The third-order valence-electron chi connectivity index (χ3n) is 7.52. The van der Waals surface area contributed by atoms with Crippen molar-refractivity contribution in [2.45, 2.75) is 25.7 Å². The topological polar surface area (TPSA) is 0 Å². The summed E-state index contributed by atoms with van der Waals surface area (Å²) in [5, 5.41) is 11.5. The molecule has 0 atom stereocenters. The van der Waals surface area contributed by atoms with Crippen molar-refractivity contribution < 1.29 is 0 Å². The molecule has 0 N–H and O–H groups in total. The Morgan fingerprint density at radius 3 is 1.53 bits per heavy atom. The lowest BCUT2D eigenvalue weighted by Gasteiger charge is -2.07. The van der Waals surface area contributed by atoms with Crippen LogP contribution in [0.25, 0.3) is 10.8 Å². The van der Waals surface area contributed by atoms with Crippen LogP contribution in [0.2, 0.25) is 0 Å². The smallest absolute Gasteiger partial charge is 0.00238 e. The van der Waals surface area contributed by atoms with E-state index in [1.54, 1.807) is 22.7 Å².